The summed E-state index contributed by atoms with van der Waals surface area (Å²) in [5.41, 5.74) is 1.76. The van der Waals surface area contributed by atoms with Crippen LogP contribution >= 0.6 is 39.1 Å². The van der Waals surface area contributed by atoms with E-state index in [-0.39, 0.29) is 5.91 Å². The molecule has 19 heavy (non-hydrogen) atoms. The van der Waals surface area contributed by atoms with Crippen LogP contribution in [0.3, 0.4) is 0 Å². The molecule has 0 radical (unpaired) electrons. The molecule has 0 bridgehead atoms. The van der Waals surface area contributed by atoms with Crippen LogP contribution in [0.5, 0.6) is 0 Å². The van der Waals surface area contributed by atoms with E-state index >= 15 is 0 Å². The van der Waals surface area contributed by atoms with Crippen molar-refractivity contribution >= 4 is 50.7 Å². The van der Waals surface area contributed by atoms with E-state index in [0.717, 1.165) is 5.69 Å². The minimum Gasteiger partial charge on any atom is -0.321 e. The molecule has 0 saturated carbocycles. The SMILES string of the molecule is Cc1c(Br)c(C(=O)Nc2ccc(Cl)c(Cl)c2)nn1C. The van der Waals surface area contributed by atoms with Gasteiger partial charge in [-0.2, -0.15) is 5.10 Å². The van der Waals surface area contributed by atoms with Gasteiger partial charge in [-0.3, -0.25) is 9.48 Å². The predicted octanol–water partition coefficient (Wildman–Crippen LogP) is 4.05. The summed E-state index contributed by atoms with van der Waals surface area (Å²) in [6, 6.07) is 4.89. The highest BCUT2D eigenvalue weighted by atomic mass is 79.9. The van der Waals surface area contributed by atoms with Gasteiger partial charge in [0.15, 0.2) is 5.69 Å². The maximum absolute atomic E-state index is 12.1. The molecular weight excluding hydrogens is 353 g/mol. The van der Waals surface area contributed by atoms with Crippen molar-refractivity contribution in [2.45, 2.75) is 6.92 Å². The molecule has 1 amide bonds. The lowest BCUT2D eigenvalue weighted by molar-refractivity contribution is 0.102. The highest BCUT2D eigenvalue weighted by molar-refractivity contribution is 9.10. The number of benzene rings is 1. The van der Waals surface area contributed by atoms with E-state index in [1.54, 1.807) is 29.9 Å². The Bertz CT molecular complexity index is 655. The number of aromatic nitrogens is 2. The zero-order chi connectivity index (χ0) is 14.2. The molecule has 4 nitrogen and oxygen atoms in total. The lowest BCUT2D eigenvalue weighted by Gasteiger charge is -2.04. The maximum Gasteiger partial charge on any atom is 0.277 e. The molecule has 0 atom stereocenters. The molecule has 0 aliphatic heterocycles. The highest BCUT2D eigenvalue weighted by Crippen LogP contribution is 2.26. The second kappa shape index (κ2) is 5.53. The van der Waals surface area contributed by atoms with Gasteiger partial charge in [0, 0.05) is 12.7 Å². The molecule has 0 unspecified atom stereocenters. The highest BCUT2D eigenvalue weighted by Gasteiger charge is 2.17. The summed E-state index contributed by atoms with van der Waals surface area (Å²) < 4.78 is 2.31. The second-order valence-electron chi connectivity index (χ2n) is 3.95. The minimum absolute atomic E-state index is 0.311. The molecule has 2 rings (SSSR count). The van der Waals surface area contributed by atoms with Crippen molar-refractivity contribution in [2.75, 3.05) is 5.32 Å². The Labute approximate surface area is 128 Å². The van der Waals surface area contributed by atoms with Crippen LogP contribution < -0.4 is 5.32 Å². The van der Waals surface area contributed by atoms with Crippen molar-refractivity contribution in [1.29, 1.82) is 0 Å². The second-order valence-corrected chi connectivity index (χ2v) is 5.56. The number of hydrogen-bond donors (Lipinski definition) is 1. The van der Waals surface area contributed by atoms with Crippen LogP contribution in [0.4, 0.5) is 5.69 Å². The van der Waals surface area contributed by atoms with E-state index in [4.69, 9.17) is 23.2 Å². The minimum atomic E-state index is -0.311. The number of halogens is 3. The molecule has 1 aromatic heterocycles. The number of aryl methyl sites for hydroxylation is 1. The van der Waals surface area contributed by atoms with Crippen LogP contribution in [0.2, 0.25) is 10.0 Å². The first-order valence-corrected chi connectivity index (χ1v) is 6.90. The lowest BCUT2D eigenvalue weighted by Crippen LogP contribution is -2.13. The fraction of sp³-hybridized carbons (Fsp3) is 0.167. The van der Waals surface area contributed by atoms with Gasteiger partial charge in [-0.25, -0.2) is 0 Å². The van der Waals surface area contributed by atoms with Crippen molar-refractivity contribution in [3.8, 4) is 0 Å². The molecular formula is C12H10BrCl2N3O. The Morgan fingerprint density at radius 3 is 2.58 bits per heavy atom. The van der Waals surface area contributed by atoms with Gasteiger partial charge in [-0.05, 0) is 41.1 Å². The Hall–Kier alpha value is -1.04. The Balaban J connectivity index is 2.25. The number of nitrogens with one attached hydrogen (secondary N) is 1. The molecule has 1 heterocycles. The van der Waals surface area contributed by atoms with E-state index in [1.807, 2.05) is 6.92 Å². The van der Waals surface area contributed by atoms with Crippen molar-refractivity contribution in [3.05, 3.63) is 44.1 Å². The number of carbonyl (C=O) groups is 1. The van der Waals surface area contributed by atoms with E-state index in [1.165, 1.54) is 0 Å². The molecule has 7 heteroatoms. The van der Waals surface area contributed by atoms with E-state index in [9.17, 15) is 4.79 Å². The first kappa shape index (κ1) is 14.4. The third-order valence-corrected chi connectivity index (χ3v) is 4.34. The van der Waals surface area contributed by atoms with E-state index < -0.39 is 0 Å². The quantitative estimate of drug-likeness (QED) is 0.875. The van der Waals surface area contributed by atoms with Crippen molar-refractivity contribution in [3.63, 3.8) is 0 Å². The number of anilines is 1. The van der Waals surface area contributed by atoms with Crippen molar-refractivity contribution in [1.82, 2.24) is 9.78 Å². The van der Waals surface area contributed by atoms with Crippen LogP contribution in [0.1, 0.15) is 16.2 Å². The fourth-order valence-corrected chi connectivity index (χ4v) is 2.31. The molecule has 2 aromatic rings. The van der Waals surface area contributed by atoms with Gasteiger partial charge in [0.25, 0.3) is 5.91 Å². The summed E-state index contributed by atoms with van der Waals surface area (Å²) in [6.07, 6.45) is 0. The van der Waals surface area contributed by atoms with Gasteiger partial charge in [0.05, 0.1) is 20.2 Å². The monoisotopic (exact) mass is 361 g/mol. The summed E-state index contributed by atoms with van der Waals surface area (Å²) in [5, 5.41) is 7.69. The van der Waals surface area contributed by atoms with E-state index in [0.29, 0.717) is 25.9 Å². The first-order valence-electron chi connectivity index (χ1n) is 5.35. The third-order valence-electron chi connectivity index (χ3n) is 2.65. The van der Waals surface area contributed by atoms with Gasteiger partial charge in [-0.1, -0.05) is 23.2 Å². The molecule has 0 aliphatic rings. The Morgan fingerprint density at radius 1 is 1.37 bits per heavy atom. The van der Waals surface area contributed by atoms with Crippen LogP contribution in [-0.4, -0.2) is 15.7 Å². The summed E-state index contributed by atoms with van der Waals surface area (Å²) in [4.78, 5) is 12.1. The van der Waals surface area contributed by atoms with Crippen LogP contribution in [-0.2, 0) is 7.05 Å². The number of nitrogens with zero attached hydrogens (tertiary/aromatic N) is 2. The van der Waals surface area contributed by atoms with Gasteiger partial charge in [0.2, 0.25) is 0 Å². The van der Waals surface area contributed by atoms with Gasteiger partial charge >= 0.3 is 0 Å². The number of carbonyl (C=O) groups excluding carboxylic acids is 1. The normalized spacial score (nSPS) is 10.6. The molecule has 100 valence electrons. The van der Waals surface area contributed by atoms with Crippen molar-refractivity contribution in [2.24, 2.45) is 7.05 Å². The summed E-state index contributed by atoms with van der Waals surface area (Å²) >= 11 is 15.1. The number of rotatable bonds is 2. The average molecular weight is 363 g/mol. The van der Waals surface area contributed by atoms with Crippen LogP contribution in [0.15, 0.2) is 22.7 Å². The zero-order valence-electron chi connectivity index (χ0n) is 10.2. The van der Waals surface area contributed by atoms with Gasteiger partial charge in [0.1, 0.15) is 0 Å². The molecule has 1 N–H and O–H groups in total. The molecule has 1 aromatic carbocycles. The smallest absolute Gasteiger partial charge is 0.277 e. The Morgan fingerprint density at radius 2 is 2.05 bits per heavy atom. The number of hydrogen-bond acceptors (Lipinski definition) is 2. The van der Waals surface area contributed by atoms with Crippen LogP contribution in [0, 0.1) is 6.92 Å². The summed E-state index contributed by atoms with van der Waals surface area (Å²) in [5.74, 6) is -0.311. The fourth-order valence-electron chi connectivity index (χ4n) is 1.49. The number of amides is 1. The van der Waals surface area contributed by atoms with Crippen molar-refractivity contribution < 1.29 is 4.79 Å². The van der Waals surface area contributed by atoms with E-state index in [2.05, 4.69) is 26.3 Å². The topological polar surface area (TPSA) is 46.9 Å². The molecule has 0 aliphatic carbocycles. The van der Waals surface area contributed by atoms with Gasteiger partial charge in [-0.15, -0.1) is 0 Å². The molecule has 0 saturated heterocycles. The average Bonchev–Trinajstić information content (AvgIpc) is 2.62. The van der Waals surface area contributed by atoms with Crippen LogP contribution in [0.25, 0.3) is 0 Å². The summed E-state index contributed by atoms with van der Waals surface area (Å²) in [6.45, 7) is 1.87. The largest absolute Gasteiger partial charge is 0.321 e. The predicted molar refractivity (Wildman–Crippen MR) is 80.1 cm³/mol. The standard InChI is InChI=1S/C12H10BrCl2N3O/c1-6-10(13)11(17-18(6)2)12(19)16-7-3-4-8(14)9(15)5-7/h3-5H,1-2H3,(H,16,19). The molecule has 0 fully saturated rings. The molecule has 0 spiro atoms. The first-order chi connectivity index (χ1) is 8.90. The Kier molecular flexibility index (Phi) is 4.18. The summed E-state index contributed by atoms with van der Waals surface area (Å²) in [7, 11) is 1.77. The maximum atomic E-state index is 12.1. The van der Waals surface area contributed by atoms with Gasteiger partial charge < -0.3 is 5.32 Å². The third kappa shape index (κ3) is 2.94. The lowest BCUT2D eigenvalue weighted by atomic mass is 10.3. The zero-order valence-corrected chi connectivity index (χ0v) is 13.3.